The van der Waals surface area contributed by atoms with Gasteiger partial charge < -0.3 is 9.88 Å². The number of nitrogens with zero attached hydrogens (tertiary/aromatic N) is 4. The lowest BCUT2D eigenvalue weighted by Gasteiger charge is -2.16. The Hall–Kier alpha value is -2.76. The van der Waals surface area contributed by atoms with Gasteiger partial charge in [-0.15, -0.1) is 0 Å². The van der Waals surface area contributed by atoms with Gasteiger partial charge in [0.05, 0.1) is 11.0 Å². The van der Waals surface area contributed by atoms with E-state index in [9.17, 15) is 4.79 Å². The minimum absolute atomic E-state index is 0.0549. The maximum atomic E-state index is 12.8. The number of hydrogen-bond donors (Lipinski definition) is 1. The van der Waals surface area contributed by atoms with Crippen molar-refractivity contribution in [1.82, 2.24) is 24.8 Å². The van der Waals surface area contributed by atoms with Crippen LogP contribution in [0.15, 0.2) is 30.5 Å². The molecule has 1 saturated heterocycles. The SMILES string of the molecule is Cc1ccnc([C@@H]2CCN(C(=O)c3ccc4nc(C)[nH]c4c3)C2)n1. The normalized spacial score (nSPS) is 17.6. The Morgan fingerprint density at radius 1 is 1.25 bits per heavy atom. The Morgan fingerprint density at radius 3 is 2.96 bits per heavy atom. The smallest absolute Gasteiger partial charge is 0.253 e. The summed E-state index contributed by atoms with van der Waals surface area (Å²) in [7, 11) is 0. The summed E-state index contributed by atoms with van der Waals surface area (Å²) in [6, 6.07) is 7.52. The lowest BCUT2D eigenvalue weighted by molar-refractivity contribution is 0.0790. The van der Waals surface area contributed by atoms with E-state index in [1.54, 1.807) is 6.20 Å². The zero-order valence-electron chi connectivity index (χ0n) is 13.8. The van der Waals surface area contributed by atoms with Crippen LogP contribution in [0.3, 0.4) is 0 Å². The number of aromatic amines is 1. The van der Waals surface area contributed by atoms with E-state index >= 15 is 0 Å². The Kier molecular flexibility index (Phi) is 3.52. The molecular formula is C18H19N5O. The van der Waals surface area contributed by atoms with Crippen LogP contribution in [0.5, 0.6) is 0 Å². The summed E-state index contributed by atoms with van der Waals surface area (Å²) < 4.78 is 0. The summed E-state index contributed by atoms with van der Waals surface area (Å²) in [6.07, 6.45) is 2.69. The molecule has 1 N–H and O–H groups in total. The fraction of sp³-hybridized carbons (Fsp3) is 0.333. The van der Waals surface area contributed by atoms with Gasteiger partial charge in [-0.2, -0.15) is 0 Å². The monoisotopic (exact) mass is 321 g/mol. The van der Waals surface area contributed by atoms with Crippen LogP contribution in [-0.4, -0.2) is 43.8 Å². The highest BCUT2D eigenvalue weighted by Crippen LogP contribution is 2.26. The van der Waals surface area contributed by atoms with Crippen molar-refractivity contribution in [2.24, 2.45) is 0 Å². The number of H-pyrrole nitrogens is 1. The van der Waals surface area contributed by atoms with Crippen molar-refractivity contribution >= 4 is 16.9 Å². The highest BCUT2D eigenvalue weighted by atomic mass is 16.2. The summed E-state index contributed by atoms with van der Waals surface area (Å²) in [6.45, 7) is 5.28. The molecule has 3 heterocycles. The van der Waals surface area contributed by atoms with Crippen LogP contribution in [0.25, 0.3) is 11.0 Å². The Bertz CT molecular complexity index is 917. The van der Waals surface area contributed by atoms with Crippen LogP contribution < -0.4 is 0 Å². The number of likely N-dealkylation sites (tertiary alicyclic amines) is 1. The second kappa shape index (κ2) is 5.70. The fourth-order valence-electron chi connectivity index (χ4n) is 3.27. The van der Waals surface area contributed by atoms with E-state index in [4.69, 9.17) is 0 Å². The average molecular weight is 321 g/mol. The van der Waals surface area contributed by atoms with E-state index in [1.807, 2.05) is 43.0 Å². The van der Waals surface area contributed by atoms with Crippen molar-refractivity contribution in [2.45, 2.75) is 26.2 Å². The van der Waals surface area contributed by atoms with Crippen molar-refractivity contribution in [3.05, 3.63) is 53.4 Å². The molecule has 1 aliphatic heterocycles. The topological polar surface area (TPSA) is 74.8 Å². The molecule has 0 radical (unpaired) electrons. The van der Waals surface area contributed by atoms with Gasteiger partial charge in [0.1, 0.15) is 11.6 Å². The number of carbonyl (C=O) groups is 1. The second-order valence-electron chi connectivity index (χ2n) is 6.35. The van der Waals surface area contributed by atoms with E-state index in [0.29, 0.717) is 12.1 Å². The van der Waals surface area contributed by atoms with Gasteiger partial charge in [-0.3, -0.25) is 4.79 Å². The molecule has 6 nitrogen and oxygen atoms in total. The minimum atomic E-state index is 0.0549. The molecule has 1 aliphatic rings. The Labute approximate surface area is 140 Å². The Morgan fingerprint density at radius 2 is 2.12 bits per heavy atom. The number of fused-ring (bicyclic) bond motifs is 1. The van der Waals surface area contributed by atoms with Gasteiger partial charge in [-0.05, 0) is 44.5 Å². The third kappa shape index (κ3) is 2.64. The van der Waals surface area contributed by atoms with Crippen molar-refractivity contribution in [1.29, 1.82) is 0 Å². The molecule has 1 aromatic carbocycles. The van der Waals surface area contributed by atoms with Crippen LogP contribution in [0, 0.1) is 13.8 Å². The number of rotatable bonds is 2. The molecule has 1 amide bonds. The quantitative estimate of drug-likeness (QED) is 0.787. The van der Waals surface area contributed by atoms with Gasteiger partial charge in [0, 0.05) is 36.5 Å². The van der Waals surface area contributed by atoms with Gasteiger partial charge in [-0.1, -0.05) is 0 Å². The molecule has 0 saturated carbocycles. The molecule has 3 aromatic rings. The predicted molar refractivity (Wildman–Crippen MR) is 90.9 cm³/mol. The minimum Gasteiger partial charge on any atom is -0.342 e. The molecule has 0 bridgehead atoms. The van der Waals surface area contributed by atoms with Crippen LogP contribution in [0.4, 0.5) is 0 Å². The summed E-state index contributed by atoms with van der Waals surface area (Å²) in [5.41, 5.74) is 3.44. The molecule has 1 fully saturated rings. The van der Waals surface area contributed by atoms with Gasteiger partial charge >= 0.3 is 0 Å². The number of benzene rings is 1. The van der Waals surface area contributed by atoms with Gasteiger partial charge in [0.2, 0.25) is 0 Å². The predicted octanol–water partition coefficient (Wildman–Crippen LogP) is 2.60. The lowest BCUT2D eigenvalue weighted by Crippen LogP contribution is -2.28. The number of amides is 1. The van der Waals surface area contributed by atoms with Gasteiger partial charge in [0.15, 0.2) is 0 Å². The van der Waals surface area contributed by atoms with Crippen molar-refractivity contribution < 1.29 is 4.79 Å². The second-order valence-corrected chi connectivity index (χ2v) is 6.35. The van der Waals surface area contributed by atoms with Crippen LogP contribution >= 0.6 is 0 Å². The molecular weight excluding hydrogens is 302 g/mol. The first kappa shape index (κ1) is 14.8. The zero-order valence-corrected chi connectivity index (χ0v) is 13.8. The van der Waals surface area contributed by atoms with Crippen LogP contribution in [0.1, 0.15) is 40.0 Å². The first-order valence-electron chi connectivity index (χ1n) is 8.15. The van der Waals surface area contributed by atoms with E-state index in [-0.39, 0.29) is 11.8 Å². The molecule has 1 atom stereocenters. The number of hydrogen-bond acceptors (Lipinski definition) is 4. The molecule has 2 aromatic heterocycles. The molecule has 24 heavy (non-hydrogen) atoms. The third-order valence-corrected chi connectivity index (χ3v) is 4.50. The van der Waals surface area contributed by atoms with E-state index in [2.05, 4.69) is 19.9 Å². The molecule has 122 valence electrons. The molecule has 4 rings (SSSR count). The van der Waals surface area contributed by atoms with Crippen molar-refractivity contribution in [3.8, 4) is 0 Å². The standard InChI is InChI=1S/C18H19N5O/c1-11-5-7-19-17(20-11)14-6-8-23(10-14)18(24)13-3-4-15-16(9-13)22-12(2)21-15/h3-5,7,9,14H,6,8,10H2,1-2H3,(H,21,22)/t14-/m1/s1. The molecule has 0 unspecified atom stereocenters. The number of carbonyl (C=O) groups excluding carboxylic acids is 1. The van der Waals surface area contributed by atoms with Gasteiger partial charge in [-0.25, -0.2) is 15.0 Å². The lowest BCUT2D eigenvalue weighted by atomic mass is 10.1. The summed E-state index contributed by atoms with van der Waals surface area (Å²) in [4.78, 5) is 31.1. The largest absolute Gasteiger partial charge is 0.342 e. The van der Waals surface area contributed by atoms with E-state index in [1.165, 1.54) is 0 Å². The molecule has 0 aliphatic carbocycles. The molecule has 0 spiro atoms. The Balaban J connectivity index is 1.54. The molecule has 6 heteroatoms. The number of aromatic nitrogens is 4. The average Bonchev–Trinajstić information content (AvgIpc) is 3.19. The van der Waals surface area contributed by atoms with Gasteiger partial charge in [0.25, 0.3) is 5.91 Å². The first-order chi connectivity index (χ1) is 11.6. The summed E-state index contributed by atoms with van der Waals surface area (Å²) in [5, 5.41) is 0. The fourth-order valence-corrected chi connectivity index (χ4v) is 3.27. The number of aryl methyl sites for hydroxylation is 2. The highest BCUT2D eigenvalue weighted by molar-refractivity contribution is 5.97. The zero-order chi connectivity index (χ0) is 16.7. The number of nitrogens with one attached hydrogen (secondary N) is 1. The number of imidazole rings is 1. The maximum Gasteiger partial charge on any atom is 0.253 e. The van der Waals surface area contributed by atoms with E-state index in [0.717, 1.165) is 41.3 Å². The first-order valence-corrected chi connectivity index (χ1v) is 8.15. The van der Waals surface area contributed by atoms with Crippen LogP contribution in [-0.2, 0) is 0 Å². The third-order valence-electron chi connectivity index (χ3n) is 4.50. The van der Waals surface area contributed by atoms with Crippen LogP contribution in [0.2, 0.25) is 0 Å². The van der Waals surface area contributed by atoms with Crippen molar-refractivity contribution in [3.63, 3.8) is 0 Å². The van der Waals surface area contributed by atoms with Crippen molar-refractivity contribution in [2.75, 3.05) is 13.1 Å². The van der Waals surface area contributed by atoms with E-state index < -0.39 is 0 Å². The summed E-state index contributed by atoms with van der Waals surface area (Å²) >= 11 is 0. The maximum absolute atomic E-state index is 12.8. The summed E-state index contributed by atoms with van der Waals surface area (Å²) in [5.74, 6) is 1.96. The highest BCUT2D eigenvalue weighted by Gasteiger charge is 2.29.